The molecule has 4 rings (SSSR count). The summed E-state index contributed by atoms with van der Waals surface area (Å²) < 4.78 is 6.09. The number of fused-ring (bicyclic) bond motifs is 1. The average Bonchev–Trinajstić information content (AvgIpc) is 3.23. The summed E-state index contributed by atoms with van der Waals surface area (Å²) in [5.74, 6) is 0.943. The fourth-order valence-corrected chi connectivity index (χ4v) is 5.11. The summed E-state index contributed by atoms with van der Waals surface area (Å²) in [6, 6.07) is 12.5. The minimum absolute atomic E-state index is 0. The van der Waals surface area contributed by atoms with Crippen molar-refractivity contribution in [2.45, 2.75) is 70.3 Å². The number of piperidine rings is 1. The predicted molar refractivity (Wildman–Crippen MR) is 138 cm³/mol. The first kappa shape index (κ1) is 24.7. The topological polar surface area (TPSA) is 52.1 Å². The third kappa shape index (κ3) is 7.04. The summed E-state index contributed by atoms with van der Waals surface area (Å²) in [4.78, 5) is 10.1. The van der Waals surface area contributed by atoms with Crippen molar-refractivity contribution in [2.24, 2.45) is 4.99 Å². The van der Waals surface area contributed by atoms with E-state index < -0.39 is 0 Å². The molecule has 0 aliphatic carbocycles. The first-order valence-electron chi connectivity index (χ1n) is 11.9. The van der Waals surface area contributed by atoms with Gasteiger partial charge < -0.3 is 15.4 Å². The normalized spacial score (nSPS) is 29.8. The molecule has 3 saturated heterocycles. The first-order chi connectivity index (χ1) is 14.7. The Morgan fingerprint density at radius 3 is 2.81 bits per heavy atom. The molecule has 4 unspecified atom stereocenters. The second kappa shape index (κ2) is 12.4. The summed E-state index contributed by atoms with van der Waals surface area (Å²) >= 11 is 0. The molecule has 1 aromatic carbocycles. The molecule has 0 saturated carbocycles. The highest BCUT2D eigenvalue weighted by Gasteiger charge is 2.32. The average molecular weight is 542 g/mol. The number of rotatable bonds is 6. The molecule has 3 heterocycles. The molecule has 1 aromatic rings. The van der Waals surface area contributed by atoms with Crippen LogP contribution in [0.15, 0.2) is 35.3 Å². The van der Waals surface area contributed by atoms with Crippen LogP contribution in [0, 0.1) is 0 Å². The van der Waals surface area contributed by atoms with Gasteiger partial charge in [-0.3, -0.25) is 14.8 Å². The van der Waals surface area contributed by atoms with Crippen molar-refractivity contribution in [1.29, 1.82) is 0 Å². The van der Waals surface area contributed by atoms with Crippen LogP contribution in [0.3, 0.4) is 0 Å². The van der Waals surface area contributed by atoms with Crippen LogP contribution in [0.25, 0.3) is 0 Å². The molecule has 4 atom stereocenters. The maximum absolute atomic E-state index is 6.09. The molecule has 3 aliphatic rings. The number of halogens is 1. The van der Waals surface area contributed by atoms with E-state index in [2.05, 4.69) is 64.6 Å². The Labute approximate surface area is 205 Å². The van der Waals surface area contributed by atoms with Crippen molar-refractivity contribution < 1.29 is 4.74 Å². The molecule has 2 N–H and O–H groups in total. The van der Waals surface area contributed by atoms with Crippen LogP contribution in [0.4, 0.5) is 0 Å². The number of likely N-dealkylation sites (tertiary alicyclic amines) is 1. The van der Waals surface area contributed by atoms with Crippen LogP contribution < -0.4 is 10.6 Å². The van der Waals surface area contributed by atoms with Crippen LogP contribution in [-0.4, -0.2) is 79.3 Å². The maximum Gasteiger partial charge on any atom is 0.191 e. The number of guanidine groups is 1. The molecule has 0 aromatic heterocycles. The molecule has 7 heteroatoms. The lowest BCUT2D eigenvalue weighted by atomic mass is 9.97. The second-order valence-electron chi connectivity index (χ2n) is 9.14. The van der Waals surface area contributed by atoms with Gasteiger partial charge in [0, 0.05) is 44.3 Å². The number of benzene rings is 1. The van der Waals surface area contributed by atoms with Gasteiger partial charge in [-0.05, 0) is 51.6 Å². The SMILES string of the molecule is CCNC(=NCC1CN2CCCC2CO1)NC1CCN(Cc2ccccc2)C(C)C1.I. The molecule has 0 spiro atoms. The summed E-state index contributed by atoms with van der Waals surface area (Å²) in [7, 11) is 0. The minimum Gasteiger partial charge on any atom is -0.373 e. The van der Waals surface area contributed by atoms with Crippen molar-refractivity contribution in [3.63, 3.8) is 0 Å². The first-order valence-corrected chi connectivity index (χ1v) is 11.9. The van der Waals surface area contributed by atoms with Crippen LogP contribution in [0.1, 0.15) is 45.1 Å². The lowest BCUT2D eigenvalue weighted by Crippen LogP contribution is -2.52. The van der Waals surface area contributed by atoms with E-state index in [4.69, 9.17) is 9.73 Å². The smallest absolute Gasteiger partial charge is 0.191 e. The van der Waals surface area contributed by atoms with Crippen molar-refractivity contribution in [3.05, 3.63) is 35.9 Å². The van der Waals surface area contributed by atoms with Gasteiger partial charge in [-0.25, -0.2) is 0 Å². The van der Waals surface area contributed by atoms with E-state index >= 15 is 0 Å². The fourth-order valence-electron chi connectivity index (χ4n) is 5.11. The lowest BCUT2D eigenvalue weighted by molar-refractivity contribution is -0.0432. The molecular formula is C24H40IN5O. The molecule has 0 amide bonds. The fraction of sp³-hybridized carbons (Fsp3) is 0.708. The standard InChI is InChI=1S/C24H39N5O.HI/c1-3-25-24(26-15-23-17-29-12-7-10-22(29)18-30-23)27-21-11-13-28(19(2)14-21)16-20-8-5-4-6-9-20;/h4-6,8-9,19,21-23H,3,7,10-18H2,1-2H3,(H2,25,26,27);1H. The third-order valence-corrected chi connectivity index (χ3v) is 6.84. The van der Waals surface area contributed by atoms with Crippen molar-refractivity contribution in [1.82, 2.24) is 20.4 Å². The molecule has 174 valence electrons. The van der Waals surface area contributed by atoms with Gasteiger partial charge >= 0.3 is 0 Å². The highest BCUT2D eigenvalue weighted by Crippen LogP contribution is 2.23. The van der Waals surface area contributed by atoms with E-state index in [1.807, 2.05) is 0 Å². The zero-order valence-corrected chi connectivity index (χ0v) is 21.5. The highest BCUT2D eigenvalue weighted by molar-refractivity contribution is 14.0. The van der Waals surface area contributed by atoms with E-state index in [-0.39, 0.29) is 30.1 Å². The van der Waals surface area contributed by atoms with Gasteiger partial charge in [0.25, 0.3) is 0 Å². The van der Waals surface area contributed by atoms with E-state index in [0.717, 1.165) is 58.1 Å². The van der Waals surface area contributed by atoms with Crippen LogP contribution in [0.2, 0.25) is 0 Å². The Bertz CT molecular complexity index is 688. The number of morpholine rings is 1. The molecule has 0 radical (unpaired) electrons. The Morgan fingerprint density at radius 1 is 1.19 bits per heavy atom. The van der Waals surface area contributed by atoms with Crippen LogP contribution in [-0.2, 0) is 11.3 Å². The van der Waals surface area contributed by atoms with E-state index in [9.17, 15) is 0 Å². The van der Waals surface area contributed by atoms with E-state index in [1.165, 1.54) is 24.9 Å². The maximum atomic E-state index is 6.09. The zero-order valence-electron chi connectivity index (χ0n) is 19.1. The van der Waals surface area contributed by atoms with Gasteiger partial charge in [0.1, 0.15) is 0 Å². The number of nitrogens with one attached hydrogen (secondary N) is 2. The lowest BCUT2D eigenvalue weighted by Gasteiger charge is -2.38. The molecular weight excluding hydrogens is 501 g/mol. The largest absolute Gasteiger partial charge is 0.373 e. The second-order valence-corrected chi connectivity index (χ2v) is 9.14. The molecule has 3 aliphatic heterocycles. The number of hydrogen-bond acceptors (Lipinski definition) is 4. The van der Waals surface area contributed by atoms with Crippen LogP contribution >= 0.6 is 24.0 Å². The van der Waals surface area contributed by atoms with Crippen molar-refractivity contribution >= 4 is 29.9 Å². The number of aliphatic imine (C=N–C) groups is 1. The molecule has 6 nitrogen and oxygen atoms in total. The van der Waals surface area contributed by atoms with E-state index in [1.54, 1.807) is 0 Å². The van der Waals surface area contributed by atoms with Crippen molar-refractivity contribution in [2.75, 3.05) is 39.3 Å². The summed E-state index contributed by atoms with van der Waals surface area (Å²) in [6.07, 6.45) is 5.13. The number of ether oxygens (including phenoxy) is 1. The number of nitrogens with zero attached hydrogens (tertiary/aromatic N) is 3. The van der Waals surface area contributed by atoms with Gasteiger partial charge in [0.15, 0.2) is 5.96 Å². The van der Waals surface area contributed by atoms with Crippen LogP contribution in [0.5, 0.6) is 0 Å². The van der Waals surface area contributed by atoms with E-state index in [0.29, 0.717) is 18.1 Å². The van der Waals surface area contributed by atoms with Gasteiger partial charge in [-0.1, -0.05) is 30.3 Å². The van der Waals surface area contributed by atoms with Gasteiger partial charge in [-0.2, -0.15) is 0 Å². The Balaban J connectivity index is 0.00000272. The van der Waals surface area contributed by atoms with Gasteiger partial charge in [0.2, 0.25) is 0 Å². The molecule has 31 heavy (non-hydrogen) atoms. The number of hydrogen-bond donors (Lipinski definition) is 2. The Kier molecular flexibility index (Phi) is 9.87. The van der Waals surface area contributed by atoms with Gasteiger partial charge in [-0.15, -0.1) is 24.0 Å². The van der Waals surface area contributed by atoms with Gasteiger partial charge in [0.05, 0.1) is 19.3 Å². The summed E-state index contributed by atoms with van der Waals surface area (Å²) in [5, 5.41) is 7.14. The monoisotopic (exact) mass is 541 g/mol. The predicted octanol–water partition coefficient (Wildman–Crippen LogP) is 3.08. The Hall–Kier alpha value is -0.900. The van der Waals surface area contributed by atoms with Crippen molar-refractivity contribution in [3.8, 4) is 0 Å². The summed E-state index contributed by atoms with van der Waals surface area (Å²) in [6.45, 7) is 11.4. The Morgan fingerprint density at radius 2 is 2.03 bits per heavy atom. The third-order valence-electron chi connectivity index (χ3n) is 6.84. The molecule has 0 bridgehead atoms. The summed E-state index contributed by atoms with van der Waals surface area (Å²) in [5.41, 5.74) is 1.40. The zero-order chi connectivity index (χ0) is 20.8. The quantitative estimate of drug-likeness (QED) is 0.330. The highest BCUT2D eigenvalue weighted by atomic mass is 127. The molecule has 3 fully saturated rings. The minimum atomic E-state index is 0.